The minimum atomic E-state index is -0.105. The van der Waals surface area contributed by atoms with Crippen molar-refractivity contribution in [1.29, 1.82) is 0 Å². The quantitative estimate of drug-likeness (QED) is 0.712. The number of carbonyl (C=O) groups is 2. The Morgan fingerprint density at radius 2 is 1.82 bits per heavy atom. The lowest BCUT2D eigenvalue weighted by Gasteiger charge is -2.41. The smallest absolute Gasteiger partial charge is 0.257 e. The van der Waals surface area contributed by atoms with Crippen molar-refractivity contribution in [2.75, 3.05) is 46.5 Å². The van der Waals surface area contributed by atoms with E-state index in [0.29, 0.717) is 43.2 Å². The number of amides is 2. The molecule has 0 spiro atoms. The third-order valence-electron chi connectivity index (χ3n) is 6.78. The van der Waals surface area contributed by atoms with Gasteiger partial charge in [0.1, 0.15) is 18.7 Å². The van der Waals surface area contributed by atoms with Crippen molar-refractivity contribution in [1.82, 2.24) is 19.8 Å². The van der Waals surface area contributed by atoms with Gasteiger partial charge in [-0.15, -0.1) is 0 Å². The Morgan fingerprint density at radius 1 is 1.06 bits per heavy atom. The number of methoxy groups -OCH3 is 1. The topological polar surface area (TPSA) is 84.9 Å². The van der Waals surface area contributed by atoms with Crippen LogP contribution >= 0.6 is 0 Å². The predicted octanol–water partition coefficient (Wildman–Crippen LogP) is 3.05. The number of benzene rings is 1. The van der Waals surface area contributed by atoms with Gasteiger partial charge in [0.2, 0.25) is 0 Å². The molecule has 3 aliphatic heterocycles. The second-order valence-electron chi connectivity index (χ2n) is 8.95. The Hall–Kier alpha value is -3.00. The van der Waals surface area contributed by atoms with Gasteiger partial charge in [-0.2, -0.15) is 0 Å². The number of rotatable bonds is 3. The summed E-state index contributed by atoms with van der Waals surface area (Å²) in [5, 5.41) is 0. The fraction of sp³-hybridized carbons (Fsp3) is 0.520. The lowest BCUT2D eigenvalue weighted by molar-refractivity contribution is 0.0136. The SMILES string of the molecule is COCC12CCCCN(C(=O)c3cncnc3)CCOc3ccccc3C(=O)N(CC1)CC2. The highest BCUT2D eigenvalue weighted by molar-refractivity contribution is 5.97. The van der Waals surface area contributed by atoms with E-state index in [2.05, 4.69) is 9.97 Å². The van der Waals surface area contributed by atoms with Gasteiger partial charge in [0.05, 0.1) is 24.3 Å². The van der Waals surface area contributed by atoms with E-state index < -0.39 is 0 Å². The fourth-order valence-corrected chi connectivity index (χ4v) is 4.87. The van der Waals surface area contributed by atoms with E-state index in [4.69, 9.17) is 9.47 Å². The molecule has 176 valence electrons. The van der Waals surface area contributed by atoms with Gasteiger partial charge in [-0.3, -0.25) is 9.59 Å². The number of nitrogens with zero attached hydrogens (tertiary/aromatic N) is 4. The Labute approximate surface area is 194 Å². The zero-order chi connectivity index (χ0) is 23.1. The normalized spacial score (nSPS) is 19.2. The molecule has 1 fully saturated rings. The number of piperidine rings is 1. The summed E-state index contributed by atoms with van der Waals surface area (Å²) in [5.74, 6) is 0.453. The average molecular weight is 453 g/mol. The summed E-state index contributed by atoms with van der Waals surface area (Å²) in [6.07, 6.45) is 9.24. The van der Waals surface area contributed by atoms with Crippen molar-refractivity contribution >= 4 is 11.8 Å². The molecule has 5 rings (SSSR count). The van der Waals surface area contributed by atoms with E-state index in [0.717, 1.165) is 45.2 Å². The molecule has 2 amide bonds. The summed E-state index contributed by atoms with van der Waals surface area (Å²) in [5.41, 5.74) is 1.11. The lowest BCUT2D eigenvalue weighted by atomic mass is 9.75. The number of hydrogen-bond acceptors (Lipinski definition) is 6. The first-order chi connectivity index (χ1) is 16.1. The second-order valence-corrected chi connectivity index (χ2v) is 8.95. The second kappa shape index (κ2) is 10.7. The van der Waals surface area contributed by atoms with Gasteiger partial charge in [0, 0.05) is 39.1 Å². The van der Waals surface area contributed by atoms with Crippen LogP contribution in [0.15, 0.2) is 43.0 Å². The van der Waals surface area contributed by atoms with Crippen LogP contribution in [0.1, 0.15) is 52.8 Å². The maximum Gasteiger partial charge on any atom is 0.257 e. The number of aromatic nitrogens is 2. The molecule has 0 saturated carbocycles. The van der Waals surface area contributed by atoms with Crippen LogP contribution in [-0.4, -0.2) is 78.1 Å². The van der Waals surface area contributed by atoms with Crippen LogP contribution in [0.5, 0.6) is 5.75 Å². The first-order valence-corrected chi connectivity index (χ1v) is 11.7. The van der Waals surface area contributed by atoms with E-state index in [-0.39, 0.29) is 17.2 Å². The van der Waals surface area contributed by atoms with E-state index >= 15 is 0 Å². The van der Waals surface area contributed by atoms with E-state index in [1.54, 1.807) is 24.4 Å². The molecule has 4 heterocycles. The summed E-state index contributed by atoms with van der Waals surface area (Å²) in [7, 11) is 1.75. The minimum Gasteiger partial charge on any atom is -0.491 e. The van der Waals surface area contributed by atoms with Crippen LogP contribution < -0.4 is 4.74 Å². The summed E-state index contributed by atoms with van der Waals surface area (Å²) in [6, 6.07) is 7.36. The monoisotopic (exact) mass is 452 g/mol. The zero-order valence-electron chi connectivity index (χ0n) is 19.2. The molecule has 2 bridgehead atoms. The molecule has 3 aliphatic rings. The van der Waals surface area contributed by atoms with Crippen LogP contribution in [0.3, 0.4) is 0 Å². The van der Waals surface area contributed by atoms with Gasteiger partial charge in [0.25, 0.3) is 11.8 Å². The number of para-hydroxylation sites is 1. The first kappa shape index (κ1) is 23.2. The molecule has 2 aromatic rings. The van der Waals surface area contributed by atoms with Gasteiger partial charge in [-0.1, -0.05) is 18.6 Å². The third kappa shape index (κ3) is 5.50. The van der Waals surface area contributed by atoms with Crippen molar-refractivity contribution in [3.05, 3.63) is 54.1 Å². The molecule has 1 aromatic carbocycles. The Kier molecular flexibility index (Phi) is 7.54. The predicted molar refractivity (Wildman–Crippen MR) is 123 cm³/mol. The number of fused-ring (bicyclic) bond motifs is 9. The Bertz CT molecular complexity index is 944. The maximum absolute atomic E-state index is 13.3. The molecule has 0 aliphatic carbocycles. The first-order valence-electron chi connectivity index (χ1n) is 11.7. The summed E-state index contributed by atoms with van der Waals surface area (Å²) < 4.78 is 11.6. The van der Waals surface area contributed by atoms with Crippen molar-refractivity contribution in [2.45, 2.75) is 32.1 Å². The average Bonchev–Trinajstić information content (AvgIpc) is 2.86. The Morgan fingerprint density at radius 3 is 2.58 bits per heavy atom. The molecule has 8 heteroatoms. The highest BCUT2D eigenvalue weighted by atomic mass is 16.5. The molecule has 0 N–H and O–H groups in total. The van der Waals surface area contributed by atoms with Gasteiger partial charge >= 0.3 is 0 Å². The number of carbonyl (C=O) groups excluding carboxylic acids is 2. The van der Waals surface area contributed by atoms with E-state index in [9.17, 15) is 9.59 Å². The van der Waals surface area contributed by atoms with Crippen LogP contribution in [-0.2, 0) is 4.74 Å². The number of ether oxygens (including phenoxy) is 2. The van der Waals surface area contributed by atoms with Crippen LogP contribution in [0.25, 0.3) is 0 Å². The highest BCUT2D eigenvalue weighted by Gasteiger charge is 2.36. The maximum atomic E-state index is 13.3. The third-order valence-corrected chi connectivity index (χ3v) is 6.78. The summed E-state index contributed by atoms with van der Waals surface area (Å²) >= 11 is 0. The summed E-state index contributed by atoms with van der Waals surface area (Å²) in [4.78, 5) is 38.1. The van der Waals surface area contributed by atoms with E-state index in [1.807, 2.05) is 29.2 Å². The molecule has 1 aromatic heterocycles. The van der Waals surface area contributed by atoms with Crippen molar-refractivity contribution in [3.8, 4) is 5.75 Å². The van der Waals surface area contributed by atoms with Crippen molar-refractivity contribution in [2.24, 2.45) is 5.41 Å². The highest BCUT2D eigenvalue weighted by Crippen LogP contribution is 2.38. The molecule has 0 radical (unpaired) electrons. The summed E-state index contributed by atoms with van der Waals surface area (Å²) in [6.45, 7) is 3.48. The van der Waals surface area contributed by atoms with Crippen LogP contribution in [0.4, 0.5) is 0 Å². The van der Waals surface area contributed by atoms with Gasteiger partial charge in [-0.25, -0.2) is 9.97 Å². The molecular weight excluding hydrogens is 420 g/mol. The zero-order valence-corrected chi connectivity index (χ0v) is 19.2. The minimum absolute atomic E-state index is 0.000792. The standard InChI is InChI=1S/C25H32N4O4/c1-32-18-25-8-4-5-11-28(23(30)20-16-26-19-27-17-20)14-15-33-22-7-3-2-6-21(22)24(31)29(12-9-25)13-10-25/h2-3,6-7,16-17,19H,4-5,8-15,18H2,1H3. The molecule has 0 atom stereocenters. The number of hydrogen-bond donors (Lipinski definition) is 0. The molecular formula is C25H32N4O4. The van der Waals surface area contributed by atoms with Crippen LogP contribution in [0, 0.1) is 5.41 Å². The lowest BCUT2D eigenvalue weighted by Crippen LogP contribution is -2.45. The molecule has 0 unspecified atom stereocenters. The van der Waals surface area contributed by atoms with Gasteiger partial charge in [-0.05, 0) is 43.2 Å². The van der Waals surface area contributed by atoms with Crippen LogP contribution in [0.2, 0.25) is 0 Å². The van der Waals surface area contributed by atoms with E-state index in [1.165, 1.54) is 6.33 Å². The van der Waals surface area contributed by atoms with Gasteiger partial charge in [0.15, 0.2) is 0 Å². The fourth-order valence-electron chi connectivity index (χ4n) is 4.87. The van der Waals surface area contributed by atoms with Crippen molar-refractivity contribution < 1.29 is 19.1 Å². The van der Waals surface area contributed by atoms with Crippen molar-refractivity contribution in [3.63, 3.8) is 0 Å². The largest absolute Gasteiger partial charge is 0.491 e. The Balaban J connectivity index is 1.57. The van der Waals surface area contributed by atoms with Gasteiger partial charge < -0.3 is 19.3 Å². The molecule has 1 saturated heterocycles. The molecule has 8 nitrogen and oxygen atoms in total. The molecule has 33 heavy (non-hydrogen) atoms.